The number of hydrogen-bond acceptors (Lipinski definition) is 3. The molecule has 0 saturated carbocycles. The summed E-state index contributed by atoms with van der Waals surface area (Å²) in [6.07, 6.45) is 2.07. The molecule has 1 heterocycles. The number of benzene rings is 1. The Morgan fingerprint density at radius 3 is 2.95 bits per heavy atom. The molecule has 1 amide bonds. The van der Waals surface area contributed by atoms with Gasteiger partial charge in [-0.1, -0.05) is 24.3 Å². The number of amides is 1. The van der Waals surface area contributed by atoms with E-state index in [1.54, 1.807) is 11.8 Å². The SMILES string of the molecule is CSC(C)(C)CNC(=O)C1CNCc2ccccc21. The first-order valence-electron chi connectivity index (χ1n) is 6.65. The highest BCUT2D eigenvalue weighted by molar-refractivity contribution is 7.99. The van der Waals surface area contributed by atoms with Crippen molar-refractivity contribution in [2.75, 3.05) is 19.3 Å². The Hall–Kier alpha value is -1.00. The van der Waals surface area contributed by atoms with Gasteiger partial charge in [-0.25, -0.2) is 0 Å². The van der Waals surface area contributed by atoms with E-state index >= 15 is 0 Å². The van der Waals surface area contributed by atoms with Gasteiger partial charge in [0, 0.05) is 24.4 Å². The lowest BCUT2D eigenvalue weighted by molar-refractivity contribution is -0.122. The van der Waals surface area contributed by atoms with Gasteiger partial charge in [-0.05, 0) is 31.2 Å². The summed E-state index contributed by atoms with van der Waals surface area (Å²) in [5.74, 6) is 0.0596. The number of carbonyl (C=O) groups excluding carboxylic acids is 1. The first-order valence-corrected chi connectivity index (χ1v) is 7.87. The van der Waals surface area contributed by atoms with Gasteiger partial charge in [0.1, 0.15) is 0 Å². The van der Waals surface area contributed by atoms with Crippen LogP contribution >= 0.6 is 11.8 Å². The molecule has 104 valence electrons. The van der Waals surface area contributed by atoms with Crippen LogP contribution in [0.4, 0.5) is 0 Å². The molecule has 0 saturated heterocycles. The number of thioether (sulfide) groups is 1. The summed E-state index contributed by atoms with van der Waals surface area (Å²) in [5, 5.41) is 6.40. The maximum Gasteiger partial charge on any atom is 0.228 e. The second kappa shape index (κ2) is 5.97. The van der Waals surface area contributed by atoms with Crippen LogP contribution in [0, 0.1) is 0 Å². The van der Waals surface area contributed by atoms with Crippen molar-refractivity contribution in [3.8, 4) is 0 Å². The third-order valence-electron chi connectivity index (χ3n) is 3.65. The smallest absolute Gasteiger partial charge is 0.228 e. The predicted molar refractivity (Wildman–Crippen MR) is 81.5 cm³/mol. The minimum atomic E-state index is -0.0670. The van der Waals surface area contributed by atoms with Crippen molar-refractivity contribution < 1.29 is 4.79 Å². The van der Waals surface area contributed by atoms with Crippen LogP contribution in [0.2, 0.25) is 0 Å². The molecule has 0 radical (unpaired) electrons. The Labute approximate surface area is 119 Å². The van der Waals surface area contributed by atoms with Crippen molar-refractivity contribution in [3.63, 3.8) is 0 Å². The summed E-state index contributed by atoms with van der Waals surface area (Å²) in [4.78, 5) is 12.4. The highest BCUT2D eigenvalue weighted by atomic mass is 32.2. The molecule has 2 rings (SSSR count). The molecular formula is C15H22N2OS. The molecule has 1 aromatic carbocycles. The zero-order valence-electron chi connectivity index (χ0n) is 11.8. The van der Waals surface area contributed by atoms with E-state index in [0.29, 0.717) is 6.54 Å². The molecule has 2 N–H and O–H groups in total. The topological polar surface area (TPSA) is 41.1 Å². The molecule has 19 heavy (non-hydrogen) atoms. The van der Waals surface area contributed by atoms with Crippen LogP contribution < -0.4 is 10.6 Å². The van der Waals surface area contributed by atoms with Gasteiger partial charge in [0.05, 0.1) is 5.92 Å². The van der Waals surface area contributed by atoms with Crippen molar-refractivity contribution >= 4 is 17.7 Å². The van der Waals surface area contributed by atoms with E-state index in [1.165, 1.54) is 11.1 Å². The molecule has 4 heteroatoms. The molecule has 1 aliphatic heterocycles. The number of rotatable bonds is 4. The lowest BCUT2D eigenvalue weighted by Gasteiger charge is -2.28. The van der Waals surface area contributed by atoms with Crippen LogP contribution in [-0.4, -0.2) is 30.0 Å². The Kier molecular flexibility index (Phi) is 4.53. The Balaban J connectivity index is 2.05. The molecule has 0 aromatic heterocycles. The van der Waals surface area contributed by atoms with Gasteiger partial charge < -0.3 is 10.6 Å². The van der Waals surface area contributed by atoms with E-state index in [4.69, 9.17) is 0 Å². The fourth-order valence-electron chi connectivity index (χ4n) is 2.23. The maximum absolute atomic E-state index is 12.4. The summed E-state index contributed by atoms with van der Waals surface area (Å²) in [6, 6.07) is 8.20. The maximum atomic E-state index is 12.4. The van der Waals surface area contributed by atoms with Crippen molar-refractivity contribution in [3.05, 3.63) is 35.4 Å². The quantitative estimate of drug-likeness (QED) is 0.886. The lowest BCUT2D eigenvalue weighted by atomic mass is 9.90. The number of hydrogen-bond donors (Lipinski definition) is 2. The van der Waals surface area contributed by atoms with Crippen LogP contribution in [0.15, 0.2) is 24.3 Å². The number of nitrogens with one attached hydrogen (secondary N) is 2. The minimum absolute atomic E-state index is 0.0670. The van der Waals surface area contributed by atoms with Gasteiger partial charge in [-0.3, -0.25) is 4.79 Å². The van der Waals surface area contributed by atoms with Gasteiger partial charge in [0.25, 0.3) is 0 Å². The molecule has 1 unspecified atom stereocenters. The van der Waals surface area contributed by atoms with E-state index < -0.39 is 0 Å². The van der Waals surface area contributed by atoms with E-state index in [9.17, 15) is 4.79 Å². The van der Waals surface area contributed by atoms with Crippen LogP contribution in [0.5, 0.6) is 0 Å². The minimum Gasteiger partial charge on any atom is -0.354 e. The van der Waals surface area contributed by atoms with E-state index in [0.717, 1.165) is 13.1 Å². The summed E-state index contributed by atoms with van der Waals surface area (Å²) in [7, 11) is 0. The van der Waals surface area contributed by atoms with E-state index in [-0.39, 0.29) is 16.6 Å². The van der Waals surface area contributed by atoms with Crippen molar-refractivity contribution in [1.82, 2.24) is 10.6 Å². The largest absolute Gasteiger partial charge is 0.354 e. The highest BCUT2D eigenvalue weighted by Gasteiger charge is 2.27. The van der Waals surface area contributed by atoms with E-state index in [1.807, 2.05) is 12.1 Å². The number of fused-ring (bicyclic) bond motifs is 1. The highest BCUT2D eigenvalue weighted by Crippen LogP contribution is 2.25. The second-order valence-corrected chi connectivity index (χ2v) is 7.08. The summed E-state index contributed by atoms with van der Waals surface area (Å²) in [5.41, 5.74) is 2.40. The zero-order chi connectivity index (χ0) is 13.9. The standard InChI is InChI=1S/C15H22N2OS/c1-15(2,19-3)10-17-14(18)13-9-16-8-11-6-4-5-7-12(11)13/h4-7,13,16H,8-10H2,1-3H3,(H,17,18). The van der Waals surface area contributed by atoms with Crippen molar-refractivity contribution in [2.45, 2.75) is 31.1 Å². The molecule has 0 spiro atoms. The first kappa shape index (κ1) is 14.4. The molecule has 1 atom stereocenters. The van der Waals surface area contributed by atoms with Gasteiger partial charge in [-0.2, -0.15) is 11.8 Å². The fraction of sp³-hybridized carbons (Fsp3) is 0.533. The summed E-state index contributed by atoms with van der Waals surface area (Å²) < 4.78 is 0.0806. The average Bonchev–Trinajstić information content (AvgIpc) is 2.44. The van der Waals surface area contributed by atoms with Gasteiger partial charge in [0.15, 0.2) is 0 Å². The van der Waals surface area contributed by atoms with E-state index in [2.05, 4.69) is 42.9 Å². The molecule has 3 nitrogen and oxygen atoms in total. The fourth-order valence-corrected chi connectivity index (χ4v) is 2.44. The molecule has 0 aliphatic carbocycles. The Morgan fingerprint density at radius 1 is 1.47 bits per heavy atom. The third kappa shape index (κ3) is 3.51. The van der Waals surface area contributed by atoms with Crippen LogP contribution in [-0.2, 0) is 11.3 Å². The normalized spacial score (nSPS) is 18.8. The van der Waals surface area contributed by atoms with Gasteiger partial charge >= 0.3 is 0 Å². The number of carbonyl (C=O) groups is 1. The van der Waals surface area contributed by atoms with Crippen molar-refractivity contribution in [1.29, 1.82) is 0 Å². The molecular weight excluding hydrogens is 256 g/mol. The zero-order valence-corrected chi connectivity index (χ0v) is 12.6. The van der Waals surface area contributed by atoms with Crippen molar-refractivity contribution in [2.24, 2.45) is 0 Å². The molecule has 0 fully saturated rings. The predicted octanol–water partition coefficient (Wildman–Crippen LogP) is 2.13. The third-order valence-corrected chi connectivity index (χ3v) is 4.90. The first-order chi connectivity index (χ1) is 9.03. The lowest BCUT2D eigenvalue weighted by Crippen LogP contribution is -2.43. The molecule has 0 bridgehead atoms. The van der Waals surface area contributed by atoms with Crippen LogP contribution in [0.3, 0.4) is 0 Å². The summed E-state index contributed by atoms with van der Waals surface area (Å²) in [6.45, 7) is 6.57. The van der Waals surface area contributed by atoms with Gasteiger partial charge in [-0.15, -0.1) is 0 Å². The summed E-state index contributed by atoms with van der Waals surface area (Å²) >= 11 is 1.77. The second-order valence-electron chi connectivity index (χ2n) is 5.56. The molecule has 1 aliphatic rings. The van der Waals surface area contributed by atoms with Gasteiger partial charge in [0.2, 0.25) is 5.91 Å². The monoisotopic (exact) mass is 278 g/mol. The Morgan fingerprint density at radius 2 is 2.21 bits per heavy atom. The average molecular weight is 278 g/mol. The molecule has 1 aromatic rings. The van der Waals surface area contributed by atoms with Crippen LogP contribution in [0.1, 0.15) is 30.9 Å². The Bertz CT molecular complexity index is 459. The van der Waals surface area contributed by atoms with Crippen LogP contribution in [0.25, 0.3) is 0 Å².